The van der Waals surface area contributed by atoms with Crippen LogP contribution < -0.4 is 10.0 Å². The first-order chi connectivity index (χ1) is 15.5. The summed E-state index contributed by atoms with van der Waals surface area (Å²) in [6.07, 6.45) is 5.97. The predicted octanol–water partition coefficient (Wildman–Crippen LogP) is 5.69. The van der Waals surface area contributed by atoms with E-state index in [-0.39, 0.29) is 12.0 Å². The van der Waals surface area contributed by atoms with E-state index in [9.17, 15) is 8.42 Å². The summed E-state index contributed by atoms with van der Waals surface area (Å²) >= 11 is 6.50. The second-order valence-electron chi connectivity index (χ2n) is 8.38. The van der Waals surface area contributed by atoms with Crippen molar-refractivity contribution in [3.8, 4) is 0 Å². The van der Waals surface area contributed by atoms with E-state index in [1.165, 1.54) is 0 Å². The third-order valence-electron chi connectivity index (χ3n) is 6.43. The summed E-state index contributed by atoms with van der Waals surface area (Å²) in [5, 5.41) is 4.38. The smallest absolute Gasteiger partial charge is 0.240 e. The van der Waals surface area contributed by atoms with Crippen LogP contribution in [0.4, 0.5) is 5.69 Å². The molecule has 32 heavy (non-hydrogen) atoms. The molecule has 0 amide bonds. The van der Waals surface area contributed by atoms with Crippen LogP contribution in [0.25, 0.3) is 0 Å². The minimum Gasteiger partial charge on any atom is -0.378 e. The van der Waals surface area contributed by atoms with Crippen molar-refractivity contribution in [2.45, 2.75) is 29.7 Å². The molecule has 0 bridgehead atoms. The lowest BCUT2D eigenvalue weighted by Crippen LogP contribution is -2.30. The molecular formula is C26H25ClN2O2S. The zero-order chi connectivity index (χ0) is 22.1. The molecular weight excluding hydrogens is 440 g/mol. The van der Waals surface area contributed by atoms with Crippen LogP contribution >= 0.6 is 11.6 Å². The van der Waals surface area contributed by atoms with Crippen LogP contribution in [-0.2, 0) is 16.4 Å². The molecule has 0 fully saturated rings. The van der Waals surface area contributed by atoms with Crippen LogP contribution in [0.2, 0.25) is 5.02 Å². The summed E-state index contributed by atoms with van der Waals surface area (Å²) in [6, 6.07) is 23.3. The van der Waals surface area contributed by atoms with Crippen molar-refractivity contribution in [1.29, 1.82) is 0 Å². The fourth-order valence-corrected chi connectivity index (χ4v) is 6.15. The second kappa shape index (κ2) is 8.74. The van der Waals surface area contributed by atoms with Crippen molar-refractivity contribution >= 4 is 27.3 Å². The highest BCUT2D eigenvalue weighted by Crippen LogP contribution is 2.51. The summed E-state index contributed by atoms with van der Waals surface area (Å²) in [5.74, 6) is 0.457. The molecule has 1 aliphatic carbocycles. The van der Waals surface area contributed by atoms with E-state index in [4.69, 9.17) is 11.6 Å². The predicted molar refractivity (Wildman–Crippen MR) is 130 cm³/mol. The average Bonchev–Trinajstić information content (AvgIpc) is 3.30. The summed E-state index contributed by atoms with van der Waals surface area (Å²) < 4.78 is 28.7. The molecule has 0 spiro atoms. The van der Waals surface area contributed by atoms with Crippen LogP contribution in [0.5, 0.6) is 0 Å². The molecule has 0 saturated heterocycles. The fourth-order valence-electron chi connectivity index (χ4n) is 4.83. The summed E-state index contributed by atoms with van der Waals surface area (Å²) in [5.41, 5.74) is 4.18. The SMILES string of the molecule is O=S(=O)(NCCc1ccccc1)c1ccc2c(c1)C1C=CCC1C(c1ccccc1Cl)N2. The van der Waals surface area contributed by atoms with Gasteiger partial charge in [-0.25, -0.2) is 13.1 Å². The van der Waals surface area contributed by atoms with Gasteiger partial charge < -0.3 is 5.32 Å². The van der Waals surface area contributed by atoms with Crippen LogP contribution in [-0.4, -0.2) is 15.0 Å². The van der Waals surface area contributed by atoms with E-state index in [1.54, 1.807) is 6.07 Å². The van der Waals surface area contributed by atoms with E-state index >= 15 is 0 Å². The number of benzene rings is 3. The van der Waals surface area contributed by atoms with Crippen molar-refractivity contribution in [3.05, 3.63) is 107 Å². The highest BCUT2D eigenvalue weighted by Gasteiger charge is 2.39. The van der Waals surface area contributed by atoms with Crippen molar-refractivity contribution in [2.75, 3.05) is 11.9 Å². The van der Waals surface area contributed by atoms with Crippen LogP contribution in [0, 0.1) is 5.92 Å². The molecule has 3 atom stereocenters. The number of sulfonamides is 1. The van der Waals surface area contributed by atoms with Gasteiger partial charge in [-0.3, -0.25) is 0 Å². The quantitative estimate of drug-likeness (QED) is 0.461. The molecule has 164 valence electrons. The maximum absolute atomic E-state index is 13.0. The molecule has 1 heterocycles. The zero-order valence-corrected chi connectivity index (χ0v) is 19.1. The van der Waals surface area contributed by atoms with Crippen LogP contribution in [0.3, 0.4) is 0 Å². The number of hydrogen-bond donors (Lipinski definition) is 2. The van der Waals surface area contributed by atoms with Crippen LogP contribution in [0.1, 0.15) is 35.1 Å². The summed E-state index contributed by atoms with van der Waals surface area (Å²) in [4.78, 5) is 0.307. The van der Waals surface area contributed by atoms with Gasteiger partial charge in [0.2, 0.25) is 10.0 Å². The number of nitrogens with one attached hydrogen (secondary N) is 2. The Morgan fingerprint density at radius 3 is 2.56 bits per heavy atom. The molecule has 3 aromatic rings. The molecule has 4 nitrogen and oxygen atoms in total. The van der Waals surface area contributed by atoms with Gasteiger partial charge in [-0.2, -0.15) is 0 Å². The van der Waals surface area contributed by atoms with Gasteiger partial charge >= 0.3 is 0 Å². The molecule has 1 aliphatic heterocycles. The first kappa shape index (κ1) is 21.3. The van der Waals surface area contributed by atoms with Gasteiger partial charge in [0.25, 0.3) is 0 Å². The van der Waals surface area contributed by atoms with Gasteiger partial charge in [-0.05, 0) is 59.7 Å². The largest absolute Gasteiger partial charge is 0.378 e. The number of anilines is 1. The lowest BCUT2D eigenvalue weighted by molar-refractivity contribution is 0.425. The monoisotopic (exact) mass is 464 g/mol. The Labute approximate surface area is 194 Å². The standard InChI is InChI=1S/C26H25ClN2O2S/c27-24-12-5-4-9-22(24)26-21-11-6-10-20(21)23-17-19(13-14-25(23)29-26)32(30,31)28-16-15-18-7-2-1-3-8-18/h1-10,12-14,17,20-21,26,28-29H,11,15-16H2. The van der Waals surface area contributed by atoms with Crippen molar-refractivity contribution in [3.63, 3.8) is 0 Å². The zero-order valence-electron chi connectivity index (χ0n) is 17.5. The number of allylic oxidation sites excluding steroid dienone is 2. The third-order valence-corrected chi connectivity index (χ3v) is 8.24. The minimum atomic E-state index is -3.59. The lowest BCUT2D eigenvalue weighted by Gasteiger charge is -2.38. The Kier molecular flexibility index (Phi) is 5.80. The minimum absolute atomic E-state index is 0.0858. The molecule has 3 aromatic carbocycles. The van der Waals surface area contributed by atoms with Crippen molar-refractivity contribution in [2.24, 2.45) is 5.92 Å². The highest BCUT2D eigenvalue weighted by molar-refractivity contribution is 7.89. The van der Waals surface area contributed by atoms with Gasteiger partial charge in [0.05, 0.1) is 10.9 Å². The van der Waals surface area contributed by atoms with Gasteiger partial charge in [-0.15, -0.1) is 0 Å². The third kappa shape index (κ3) is 4.08. The van der Waals surface area contributed by atoms with Crippen molar-refractivity contribution in [1.82, 2.24) is 4.72 Å². The fraction of sp³-hybridized carbons (Fsp3) is 0.231. The number of rotatable bonds is 6. The lowest BCUT2D eigenvalue weighted by atomic mass is 9.77. The van der Waals surface area contributed by atoms with E-state index in [2.05, 4.69) is 28.3 Å². The first-order valence-corrected chi connectivity index (χ1v) is 12.7. The first-order valence-electron chi connectivity index (χ1n) is 10.9. The normalized spacial score (nSPS) is 21.6. The molecule has 0 radical (unpaired) electrons. The Hall–Kier alpha value is -2.60. The molecule has 2 aliphatic rings. The van der Waals surface area contributed by atoms with E-state index in [0.717, 1.165) is 33.8 Å². The Morgan fingerprint density at radius 2 is 1.75 bits per heavy atom. The van der Waals surface area contributed by atoms with Gasteiger partial charge in [0.15, 0.2) is 0 Å². The van der Waals surface area contributed by atoms with Gasteiger partial charge in [0.1, 0.15) is 0 Å². The second-order valence-corrected chi connectivity index (χ2v) is 10.6. The number of fused-ring (bicyclic) bond motifs is 3. The van der Waals surface area contributed by atoms with Gasteiger partial charge in [0, 0.05) is 23.2 Å². The molecule has 0 aromatic heterocycles. The Morgan fingerprint density at radius 1 is 0.969 bits per heavy atom. The summed E-state index contributed by atoms with van der Waals surface area (Å²) in [6.45, 7) is 0.363. The number of halogens is 1. The van der Waals surface area contributed by atoms with E-state index in [1.807, 2.05) is 60.7 Å². The average molecular weight is 465 g/mol. The molecule has 0 saturated carbocycles. The maximum atomic E-state index is 13.0. The Balaban J connectivity index is 1.39. The number of hydrogen-bond acceptors (Lipinski definition) is 3. The Bertz CT molecular complexity index is 1260. The molecule has 2 N–H and O–H groups in total. The molecule has 6 heteroatoms. The van der Waals surface area contributed by atoms with E-state index in [0.29, 0.717) is 23.8 Å². The van der Waals surface area contributed by atoms with Crippen LogP contribution in [0.15, 0.2) is 89.8 Å². The van der Waals surface area contributed by atoms with Crippen molar-refractivity contribution < 1.29 is 8.42 Å². The van der Waals surface area contributed by atoms with E-state index < -0.39 is 10.0 Å². The molecule has 5 rings (SSSR count). The van der Waals surface area contributed by atoms with Gasteiger partial charge in [-0.1, -0.05) is 72.3 Å². The maximum Gasteiger partial charge on any atom is 0.240 e. The highest BCUT2D eigenvalue weighted by atomic mass is 35.5. The topological polar surface area (TPSA) is 58.2 Å². The summed E-state index contributed by atoms with van der Waals surface area (Å²) in [7, 11) is -3.59. The molecule has 3 unspecified atom stereocenters.